The lowest BCUT2D eigenvalue weighted by Gasteiger charge is -2.27. The standard InChI is InChI=1S/C22H22N6O2/c1-30-14-6-7-17-18(12-14)26-21(25-17)20-11-13-10-19(13)28(20)22(29)15-4-2-3-5-16(15)27-24-9-8-23/h2-9,12-13,19-20,23,27H,10-11H2,1H3,(H,25,26)/b23-8?,24-9-. The van der Waals surface area contributed by atoms with E-state index in [0.29, 0.717) is 17.2 Å². The van der Waals surface area contributed by atoms with Gasteiger partial charge in [-0.1, -0.05) is 12.1 Å². The minimum absolute atomic E-state index is 0.0313. The van der Waals surface area contributed by atoms with E-state index in [1.54, 1.807) is 13.2 Å². The molecule has 3 atom stereocenters. The first-order chi connectivity index (χ1) is 14.7. The minimum Gasteiger partial charge on any atom is -0.497 e. The summed E-state index contributed by atoms with van der Waals surface area (Å²) in [6.45, 7) is 0. The van der Waals surface area contributed by atoms with Crippen molar-refractivity contribution < 1.29 is 9.53 Å². The number of likely N-dealkylation sites (tertiary alicyclic amines) is 1. The number of anilines is 1. The number of hydrogen-bond donors (Lipinski definition) is 3. The fraction of sp³-hybridized carbons (Fsp3) is 0.273. The van der Waals surface area contributed by atoms with Crippen molar-refractivity contribution in [3.63, 3.8) is 0 Å². The number of piperidine rings is 1. The molecule has 0 radical (unpaired) electrons. The van der Waals surface area contributed by atoms with Gasteiger partial charge in [-0.25, -0.2) is 4.98 Å². The van der Waals surface area contributed by atoms with Gasteiger partial charge in [-0.2, -0.15) is 5.10 Å². The quantitative estimate of drug-likeness (QED) is 0.433. The number of methoxy groups -OCH3 is 1. The van der Waals surface area contributed by atoms with Crippen LogP contribution in [0.1, 0.15) is 35.1 Å². The first-order valence-electron chi connectivity index (χ1n) is 9.93. The van der Waals surface area contributed by atoms with Gasteiger partial charge in [0.15, 0.2) is 0 Å². The van der Waals surface area contributed by atoms with E-state index in [9.17, 15) is 4.79 Å². The summed E-state index contributed by atoms with van der Waals surface area (Å²) in [6.07, 6.45) is 4.37. The van der Waals surface area contributed by atoms with E-state index < -0.39 is 0 Å². The monoisotopic (exact) mass is 402 g/mol. The highest BCUT2D eigenvalue weighted by Gasteiger charge is 2.55. The Morgan fingerprint density at radius 1 is 1.33 bits per heavy atom. The van der Waals surface area contributed by atoms with Gasteiger partial charge in [0.05, 0.1) is 41.7 Å². The van der Waals surface area contributed by atoms with Crippen LogP contribution in [0.3, 0.4) is 0 Å². The summed E-state index contributed by atoms with van der Waals surface area (Å²) in [5.74, 6) is 2.07. The summed E-state index contributed by atoms with van der Waals surface area (Å²) >= 11 is 0. The Bertz CT molecular complexity index is 1150. The molecule has 0 spiro atoms. The van der Waals surface area contributed by atoms with E-state index in [1.165, 1.54) is 6.21 Å². The van der Waals surface area contributed by atoms with Gasteiger partial charge in [-0.3, -0.25) is 10.2 Å². The molecular formula is C22H22N6O2. The third kappa shape index (κ3) is 3.10. The van der Waals surface area contributed by atoms with Crippen LogP contribution >= 0.6 is 0 Å². The van der Waals surface area contributed by atoms with Gasteiger partial charge in [-0.05, 0) is 43.0 Å². The SMILES string of the molecule is COc1ccc2nc(C3CC4CC4N3C(=O)c3ccccc3N/N=C\C=N)[nH]c2c1. The van der Waals surface area contributed by atoms with Gasteiger partial charge in [-0.15, -0.1) is 0 Å². The highest BCUT2D eigenvalue weighted by molar-refractivity contribution is 6.14. The molecule has 2 aliphatic rings. The highest BCUT2D eigenvalue weighted by atomic mass is 16.5. The molecule has 3 aromatic rings. The highest BCUT2D eigenvalue weighted by Crippen LogP contribution is 2.53. The number of rotatable bonds is 6. The molecule has 3 N–H and O–H groups in total. The number of carbonyl (C=O) groups is 1. The van der Waals surface area contributed by atoms with Crippen molar-refractivity contribution in [1.82, 2.24) is 14.9 Å². The predicted octanol–water partition coefficient (Wildman–Crippen LogP) is 3.59. The number of nitrogens with zero attached hydrogens (tertiary/aromatic N) is 3. The number of aromatic amines is 1. The number of amides is 1. The molecule has 1 amide bonds. The summed E-state index contributed by atoms with van der Waals surface area (Å²) in [6, 6.07) is 13.2. The van der Waals surface area contributed by atoms with E-state index in [-0.39, 0.29) is 18.0 Å². The predicted molar refractivity (Wildman–Crippen MR) is 115 cm³/mol. The van der Waals surface area contributed by atoms with Crippen molar-refractivity contribution in [3.05, 3.63) is 53.9 Å². The summed E-state index contributed by atoms with van der Waals surface area (Å²) in [7, 11) is 1.64. The maximum Gasteiger partial charge on any atom is 0.256 e. The number of carbonyl (C=O) groups excluding carboxylic acids is 1. The number of para-hydroxylation sites is 1. The maximum atomic E-state index is 13.6. The molecule has 1 saturated carbocycles. The number of H-pyrrole nitrogens is 1. The summed E-state index contributed by atoms with van der Waals surface area (Å²) in [5.41, 5.74) is 5.82. The molecule has 3 unspecified atom stereocenters. The second kappa shape index (κ2) is 7.29. The molecular weight excluding hydrogens is 380 g/mol. The van der Waals surface area contributed by atoms with Gasteiger partial charge in [0, 0.05) is 18.3 Å². The zero-order valence-electron chi connectivity index (χ0n) is 16.5. The lowest BCUT2D eigenvalue weighted by Crippen LogP contribution is -2.34. The van der Waals surface area contributed by atoms with Crippen LogP contribution in [-0.4, -0.2) is 46.4 Å². The van der Waals surface area contributed by atoms with Crippen molar-refractivity contribution in [1.29, 1.82) is 5.41 Å². The van der Waals surface area contributed by atoms with Gasteiger partial charge in [0.25, 0.3) is 5.91 Å². The summed E-state index contributed by atoms with van der Waals surface area (Å²) in [5, 5.41) is 11.0. The average Bonchev–Trinajstić information content (AvgIpc) is 3.24. The molecule has 8 nitrogen and oxygen atoms in total. The van der Waals surface area contributed by atoms with Crippen LogP contribution in [0.4, 0.5) is 5.69 Å². The van der Waals surface area contributed by atoms with E-state index in [4.69, 9.17) is 15.1 Å². The molecule has 0 bridgehead atoms. The topological polar surface area (TPSA) is 106 Å². The number of imidazole rings is 1. The minimum atomic E-state index is -0.0854. The van der Waals surface area contributed by atoms with Crippen LogP contribution < -0.4 is 10.2 Å². The fourth-order valence-electron chi connectivity index (χ4n) is 4.34. The first-order valence-corrected chi connectivity index (χ1v) is 9.93. The van der Waals surface area contributed by atoms with Crippen LogP contribution in [0, 0.1) is 11.3 Å². The summed E-state index contributed by atoms with van der Waals surface area (Å²) < 4.78 is 5.31. The van der Waals surface area contributed by atoms with Crippen molar-refractivity contribution in [2.75, 3.05) is 12.5 Å². The van der Waals surface area contributed by atoms with Crippen molar-refractivity contribution in [3.8, 4) is 5.75 Å². The van der Waals surface area contributed by atoms with E-state index in [2.05, 4.69) is 15.5 Å². The van der Waals surface area contributed by atoms with Crippen molar-refractivity contribution in [2.45, 2.75) is 24.9 Å². The number of hydrazone groups is 1. The van der Waals surface area contributed by atoms with Crippen molar-refractivity contribution >= 4 is 35.1 Å². The van der Waals surface area contributed by atoms with Crippen LogP contribution in [0.25, 0.3) is 11.0 Å². The Kier molecular flexibility index (Phi) is 4.46. The maximum absolute atomic E-state index is 13.6. The molecule has 30 heavy (non-hydrogen) atoms. The third-order valence-electron chi connectivity index (χ3n) is 5.85. The number of hydrogen-bond acceptors (Lipinski definition) is 6. The molecule has 2 aromatic carbocycles. The lowest BCUT2D eigenvalue weighted by molar-refractivity contribution is 0.0693. The Morgan fingerprint density at radius 2 is 2.20 bits per heavy atom. The van der Waals surface area contributed by atoms with E-state index in [0.717, 1.165) is 41.7 Å². The smallest absolute Gasteiger partial charge is 0.256 e. The number of ether oxygens (including phenoxy) is 1. The zero-order valence-corrected chi connectivity index (χ0v) is 16.5. The van der Waals surface area contributed by atoms with Crippen LogP contribution in [0.15, 0.2) is 47.6 Å². The fourth-order valence-corrected chi connectivity index (χ4v) is 4.34. The zero-order chi connectivity index (χ0) is 20.7. The van der Waals surface area contributed by atoms with Gasteiger partial charge < -0.3 is 20.0 Å². The second-order valence-electron chi connectivity index (χ2n) is 7.63. The average molecular weight is 402 g/mol. The van der Waals surface area contributed by atoms with E-state index >= 15 is 0 Å². The Balaban J connectivity index is 1.47. The molecule has 1 aliphatic carbocycles. The number of fused-ring (bicyclic) bond motifs is 2. The molecule has 5 rings (SSSR count). The molecule has 1 saturated heterocycles. The molecule has 1 aliphatic heterocycles. The molecule has 8 heteroatoms. The molecule has 152 valence electrons. The van der Waals surface area contributed by atoms with Gasteiger partial charge >= 0.3 is 0 Å². The Morgan fingerprint density at radius 3 is 3.03 bits per heavy atom. The molecule has 2 heterocycles. The van der Waals surface area contributed by atoms with Gasteiger partial charge in [0.2, 0.25) is 0 Å². The normalized spacial score (nSPS) is 22.3. The van der Waals surface area contributed by atoms with Gasteiger partial charge in [0.1, 0.15) is 11.6 Å². The van der Waals surface area contributed by atoms with E-state index in [1.807, 2.05) is 41.3 Å². The lowest BCUT2D eigenvalue weighted by atomic mass is 10.1. The van der Waals surface area contributed by atoms with Crippen LogP contribution in [0.5, 0.6) is 5.75 Å². The first kappa shape index (κ1) is 18.4. The van der Waals surface area contributed by atoms with Crippen LogP contribution in [0.2, 0.25) is 0 Å². The van der Waals surface area contributed by atoms with Crippen molar-refractivity contribution in [2.24, 2.45) is 11.0 Å². The Labute approximate surface area is 173 Å². The number of benzene rings is 2. The number of aromatic nitrogens is 2. The second-order valence-corrected chi connectivity index (χ2v) is 7.63. The Hall–Kier alpha value is -3.68. The third-order valence-corrected chi connectivity index (χ3v) is 5.85. The van der Waals surface area contributed by atoms with Crippen LogP contribution in [-0.2, 0) is 0 Å². The largest absolute Gasteiger partial charge is 0.497 e. The molecule has 2 fully saturated rings. The molecule has 1 aromatic heterocycles. The summed E-state index contributed by atoms with van der Waals surface area (Å²) in [4.78, 5) is 23.7. The number of nitrogens with one attached hydrogen (secondary N) is 3.